The van der Waals surface area contributed by atoms with Crippen LogP contribution in [0.25, 0.3) is 11.1 Å². The van der Waals surface area contributed by atoms with Crippen LogP contribution in [0.2, 0.25) is 0 Å². The molecule has 2 aromatic carbocycles. The van der Waals surface area contributed by atoms with Crippen LogP contribution in [-0.2, 0) is 28.6 Å². The van der Waals surface area contributed by atoms with Gasteiger partial charge in [-0.05, 0) is 66.5 Å². The third kappa shape index (κ3) is 11.7. The highest BCUT2D eigenvalue weighted by Crippen LogP contribution is 2.47. The predicted octanol–water partition coefficient (Wildman–Crippen LogP) is 5.16. The Morgan fingerprint density at radius 2 is 1.58 bits per heavy atom. The van der Waals surface area contributed by atoms with Crippen LogP contribution in [-0.4, -0.2) is 74.9 Å². The maximum atomic E-state index is 13.3. The number of rotatable bonds is 22. The second-order valence-corrected chi connectivity index (χ2v) is 11.2. The Morgan fingerprint density at radius 1 is 0.822 bits per heavy atom. The van der Waals surface area contributed by atoms with Crippen molar-refractivity contribution < 1.29 is 38.5 Å². The predicted molar refractivity (Wildman–Crippen MR) is 172 cm³/mol. The summed E-state index contributed by atoms with van der Waals surface area (Å²) in [6.07, 6.45) is 5.32. The molecule has 1 unspecified atom stereocenters. The van der Waals surface area contributed by atoms with Crippen LogP contribution in [0.15, 0.2) is 36.4 Å². The zero-order valence-electron chi connectivity index (χ0n) is 26.7. The van der Waals surface area contributed by atoms with E-state index in [4.69, 9.17) is 19.3 Å². The molecule has 2 aromatic rings. The van der Waals surface area contributed by atoms with Crippen molar-refractivity contribution >= 4 is 29.3 Å². The molecule has 0 aliphatic heterocycles. The second-order valence-electron chi connectivity index (χ2n) is 11.2. The standard InChI is InChI=1S/C35H48N2O8/c1-3-4-19-44-22-17-36-33(41)13-8-14-34(42)37-26-15-16-28-30(23-26)31(24-45-25(2)39)27-10-7-11-29(35(27)28)32(40)12-9-21-43-20-6-5-18-38/h7,10-11,15-16,23,31,38H,3-6,8-9,12-14,17-22,24H2,1-2H3,(H,36,41)(H,37,42). The van der Waals surface area contributed by atoms with Crippen molar-refractivity contribution in [2.24, 2.45) is 0 Å². The fourth-order valence-corrected chi connectivity index (χ4v) is 5.32. The number of hydrogen-bond donors (Lipinski definition) is 3. The molecule has 0 fully saturated rings. The zero-order chi connectivity index (χ0) is 32.4. The number of aliphatic hydroxyl groups is 1. The highest BCUT2D eigenvalue weighted by molar-refractivity contribution is 6.05. The lowest BCUT2D eigenvalue weighted by atomic mass is 9.93. The molecule has 246 valence electrons. The molecule has 1 atom stereocenters. The number of amides is 2. The average Bonchev–Trinajstić information content (AvgIpc) is 3.33. The molecule has 3 rings (SSSR count). The van der Waals surface area contributed by atoms with Crippen molar-refractivity contribution in [1.29, 1.82) is 0 Å². The maximum Gasteiger partial charge on any atom is 0.302 e. The molecular formula is C35H48N2O8. The van der Waals surface area contributed by atoms with Gasteiger partial charge in [-0.1, -0.05) is 37.6 Å². The Hall–Kier alpha value is -3.60. The number of carbonyl (C=O) groups is 4. The van der Waals surface area contributed by atoms with Gasteiger partial charge in [-0.3, -0.25) is 19.2 Å². The molecule has 10 heteroatoms. The monoisotopic (exact) mass is 624 g/mol. The first-order chi connectivity index (χ1) is 21.8. The van der Waals surface area contributed by atoms with E-state index in [9.17, 15) is 19.2 Å². The van der Waals surface area contributed by atoms with Crippen molar-refractivity contribution in [1.82, 2.24) is 5.32 Å². The van der Waals surface area contributed by atoms with E-state index >= 15 is 0 Å². The molecule has 10 nitrogen and oxygen atoms in total. The number of hydrogen-bond acceptors (Lipinski definition) is 8. The first-order valence-corrected chi connectivity index (χ1v) is 16.1. The summed E-state index contributed by atoms with van der Waals surface area (Å²) in [5.74, 6) is -0.981. The minimum absolute atomic E-state index is 0.00956. The van der Waals surface area contributed by atoms with E-state index in [0.29, 0.717) is 69.9 Å². The van der Waals surface area contributed by atoms with Gasteiger partial charge in [0.05, 0.1) is 6.61 Å². The molecule has 0 bridgehead atoms. The number of nitrogens with one attached hydrogen (secondary N) is 2. The van der Waals surface area contributed by atoms with Crippen molar-refractivity contribution in [3.8, 4) is 11.1 Å². The van der Waals surface area contributed by atoms with Crippen LogP contribution in [0.4, 0.5) is 5.69 Å². The maximum absolute atomic E-state index is 13.3. The molecule has 0 saturated heterocycles. The van der Waals surface area contributed by atoms with E-state index in [0.717, 1.165) is 41.5 Å². The Labute approximate surface area is 266 Å². The van der Waals surface area contributed by atoms with Gasteiger partial charge in [0.1, 0.15) is 6.61 Å². The van der Waals surface area contributed by atoms with E-state index in [2.05, 4.69) is 17.6 Å². The van der Waals surface area contributed by atoms with E-state index in [1.807, 2.05) is 30.3 Å². The third-order valence-electron chi connectivity index (χ3n) is 7.61. The van der Waals surface area contributed by atoms with Crippen LogP contribution in [0.5, 0.6) is 0 Å². The molecule has 3 N–H and O–H groups in total. The van der Waals surface area contributed by atoms with E-state index in [1.54, 1.807) is 6.07 Å². The first kappa shape index (κ1) is 35.9. The summed E-state index contributed by atoms with van der Waals surface area (Å²) in [4.78, 5) is 49.8. The molecule has 2 amide bonds. The van der Waals surface area contributed by atoms with Crippen molar-refractivity contribution in [2.45, 2.75) is 77.6 Å². The Kier molecular flexibility index (Phi) is 15.7. The van der Waals surface area contributed by atoms with E-state index < -0.39 is 5.97 Å². The fourth-order valence-electron chi connectivity index (χ4n) is 5.32. The van der Waals surface area contributed by atoms with Crippen LogP contribution in [0.3, 0.4) is 0 Å². The minimum Gasteiger partial charge on any atom is -0.465 e. The summed E-state index contributed by atoms with van der Waals surface area (Å²) < 4.78 is 16.4. The number of Topliss-reactive ketones (excluding diaryl/α,β-unsaturated/α-hetero) is 1. The highest BCUT2D eigenvalue weighted by atomic mass is 16.5. The summed E-state index contributed by atoms with van der Waals surface area (Å²) in [6.45, 7) is 6.37. The quantitative estimate of drug-likeness (QED) is 0.0928. The molecule has 0 spiro atoms. The number of benzene rings is 2. The summed E-state index contributed by atoms with van der Waals surface area (Å²) >= 11 is 0. The molecule has 0 radical (unpaired) electrons. The molecule has 1 aliphatic rings. The number of ether oxygens (including phenoxy) is 3. The zero-order valence-corrected chi connectivity index (χ0v) is 26.7. The minimum atomic E-state index is -0.395. The van der Waals surface area contributed by atoms with Gasteiger partial charge in [0.25, 0.3) is 0 Å². The van der Waals surface area contributed by atoms with Gasteiger partial charge < -0.3 is 30.0 Å². The lowest BCUT2D eigenvalue weighted by molar-refractivity contribution is -0.141. The number of carbonyl (C=O) groups excluding carboxylic acids is 4. The summed E-state index contributed by atoms with van der Waals surface area (Å²) in [5, 5.41) is 14.6. The lowest BCUT2D eigenvalue weighted by Gasteiger charge is -2.15. The van der Waals surface area contributed by atoms with Gasteiger partial charge in [-0.25, -0.2) is 0 Å². The van der Waals surface area contributed by atoms with Gasteiger partial charge in [0.2, 0.25) is 11.8 Å². The largest absolute Gasteiger partial charge is 0.465 e. The van der Waals surface area contributed by atoms with Gasteiger partial charge in [-0.15, -0.1) is 0 Å². The molecule has 0 aromatic heterocycles. The number of fused-ring (bicyclic) bond motifs is 3. The van der Waals surface area contributed by atoms with E-state index in [-0.39, 0.29) is 49.6 Å². The smallest absolute Gasteiger partial charge is 0.302 e. The molecule has 1 aliphatic carbocycles. The van der Waals surface area contributed by atoms with Gasteiger partial charge >= 0.3 is 5.97 Å². The summed E-state index contributed by atoms with van der Waals surface area (Å²) in [7, 11) is 0. The second kappa shape index (κ2) is 19.7. The number of ketones is 1. The van der Waals surface area contributed by atoms with Crippen molar-refractivity contribution in [2.75, 3.05) is 51.5 Å². The Morgan fingerprint density at radius 3 is 2.36 bits per heavy atom. The van der Waals surface area contributed by atoms with Gasteiger partial charge in [0.15, 0.2) is 5.78 Å². The lowest BCUT2D eigenvalue weighted by Crippen LogP contribution is -2.27. The van der Waals surface area contributed by atoms with Gasteiger partial charge in [-0.2, -0.15) is 0 Å². The summed E-state index contributed by atoms with van der Waals surface area (Å²) in [5.41, 5.74) is 4.69. The van der Waals surface area contributed by atoms with Crippen LogP contribution in [0.1, 0.15) is 99.0 Å². The molecule has 0 saturated carbocycles. The third-order valence-corrected chi connectivity index (χ3v) is 7.61. The van der Waals surface area contributed by atoms with Crippen molar-refractivity contribution in [3.63, 3.8) is 0 Å². The average molecular weight is 625 g/mol. The first-order valence-electron chi connectivity index (χ1n) is 16.1. The summed E-state index contributed by atoms with van der Waals surface area (Å²) in [6, 6.07) is 11.2. The number of unbranched alkanes of at least 4 members (excludes halogenated alkanes) is 2. The topological polar surface area (TPSA) is 140 Å². The number of esters is 1. The van der Waals surface area contributed by atoms with Crippen LogP contribution in [0, 0.1) is 0 Å². The number of anilines is 1. The van der Waals surface area contributed by atoms with Crippen LogP contribution >= 0.6 is 0 Å². The Bertz CT molecular complexity index is 1280. The number of aliphatic hydroxyl groups excluding tert-OH is 1. The molecule has 45 heavy (non-hydrogen) atoms. The van der Waals surface area contributed by atoms with Crippen molar-refractivity contribution in [3.05, 3.63) is 53.1 Å². The van der Waals surface area contributed by atoms with E-state index in [1.165, 1.54) is 6.92 Å². The Balaban J connectivity index is 1.61. The molecular weight excluding hydrogens is 576 g/mol. The fraction of sp³-hybridized carbons (Fsp3) is 0.543. The normalized spacial score (nSPS) is 13.2. The highest BCUT2D eigenvalue weighted by Gasteiger charge is 2.33. The SMILES string of the molecule is CCCCOCCNC(=O)CCCC(=O)Nc1ccc2c(c1)C(COC(C)=O)c1cccc(C(=O)CCCOCCCCO)c1-2. The van der Waals surface area contributed by atoms with Gasteiger partial charge in [0, 0.05) is 76.3 Å². The molecule has 0 heterocycles. The van der Waals surface area contributed by atoms with Crippen LogP contribution < -0.4 is 10.6 Å².